The summed E-state index contributed by atoms with van der Waals surface area (Å²) in [5, 5.41) is 2.99. The van der Waals surface area contributed by atoms with Gasteiger partial charge in [0.05, 0.1) is 0 Å². The fraction of sp³-hybridized carbons (Fsp3) is 0.316. The molecule has 120 valence electrons. The fourth-order valence-electron chi connectivity index (χ4n) is 3.06. The predicted molar refractivity (Wildman–Crippen MR) is 94.5 cm³/mol. The largest absolute Gasteiger partial charge is 0.445 e. The van der Waals surface area contributed by atoms with E-state index in [9.17, 15) is 4.79 Å². The van der Waals surface area contributed by atoms with Crippen LogP contribution in [0, 0.1) is 6.92 Å². The van der Waals surface area contributed by atoms with Gasteiger partial charge in [-0.05, 0) is 54.5 Å². The van der Waals surface area contributed by atoms with Crippen LogP contribution in [-0.4, -0.2) is 12.1 Å². The van der Waals surface area contributed by atoms with Crippen LogP contribution < -0.4 is 5.32 Å². The Labute approximate surface area is 145 Å². The molecular weight excluding hydrogens is 354 g/mol. The molecule has 1 N–H and O–H groups in total. The Hall–Kier alpha value is -1.81. The zero-order valence-corrected chi connectivity index (χ0v) is 14.7. The highest BCUT2D eigenvalue weighted by Gasteiger charge is 2.22. The highest BCUT2D eigenvalue weighted by molar-refractivity contribution is 9.10. The molecule has 0 aromatic heterocycles. The normalized spacial score (nSPS) is 16.5. The van der Waals surface area contributed by atoms with Gasteiger partial charge in [0.25, 0.3) is 0 Å². The standard InChI is InChI=1S/C19H20BrNO2/c1-13-17-9-8-16(11-15(17)7-10-18(13)20)21-19(22)23-12-14-5-3-2-4-6-14/h2-7,10,16H,8-9,11-12H2,1H3,(H,21,22)/t16-/m1/s1. The summed E-state index contributed by atoms with van der Waals surface area (Å²) >= 11 is 3.58. The van der Waals surface area contributed by atoms with Crippen LogP contribution in [0.3, 0.4) is 0 Å². The predicted octanol–water partition coefficient (Wildman–Crippen LogP) is 4.54. The first-order chi connectivity index (χ1) is 11.1. The first-order valence-corrected chi connectivity index (χ1v) is 8.67. The molecule has 1 aliphatic carbocycles. The van der Waals surface area contributed by atoms with Crippen LogP contribution in [0.5, 0.6) is 0 Å². The number of benzene rings is 2. The minimum absolute atomic E-state index is 0.145. The average molecular weight is 374 g/mol. The molecule has 0 aliphatic heterocycles. The lowest BCUT2D eigenvalue weighted by molar-refractivity contribution is 0.134. The number of hydrogen-bond acceptors (Lipinski definition) is 2. The molecule has 0 bridgehead atoms. The van der Waals surface area contributed by atoms with Crippen molar-refractivity contribution in [3.63, 3.8) is 0 Å². The number of rotatable bonds is 3. The van der Waals surface area contributed by atoms with Gasteiger partial charge in [-0.15, -0.1) is 0 Å². The summed E-state index contributed by atoms with van der Waals surface area (Å²) < 4.78 is 6.46. The molecule has 2 aromatic rings. The van der Waals surface area contributed by atoms with Crippen molar-refractivity contribution in [3.8, 4) is 0 Å². The van der Waals surface area contributed by atoms with Gasteiger partial charge in [0, 0.05) is 10.5 Å². The van der Waals surface area contributed by atoms with Crippen LogP contribution in [0.1, 0.15) is 28.7 Å². The SMILES string of the molecule is Cc1c(Br)ccc2c1CC[C@@H](NC(=O)OCc1ccccc1)C2. The average Bonchev–Trinajstić information content (AvgIpc) is 2.57. The number of nitrogens with one attached hydrogen (secondary N) is 1. The van der Waals surface area contributed by atoms with E-state index in [4.69, 9.17) is 4.74 Å². The maximum atomic E-state index is 12.0. The van der Waals surface area contributed by atoms with E-state index in [1.54, 1.807) is 0 Å². The van der Waals surface area contributed by atoms with Crippen molar-refractivity contribution in [1.82, 2.24) is 5.32 Å². The molecule has 0 heterocycles. The number of carbonyl (C=O) groups excluding carboxylic acids is 1. The van der Waals surface area contributed by atoms with E-state index in [1.165, 1.54) is 16.7 Å². The third-order valence-electron chi connectivity index (χ3n) is 4.37. The van der Waals surface area contributed by atoms with E-state index in [0.717, 1.165) is 29.3 Å². The zero-order chi connectivity index (χ0) is 16.2. The Bertz CT molecular complexity index is 700. The molecule has 3 rings (SSSR count). The number of halogens is 1. The van der Waals surface area contributed by atoms with Crippen LogP contribution in [0.25, 0.3) is 0 Å². The first kappa shape index (κ1) is 16.1. The molecule has 3 nitrogen and oxygen atoms in total. The Kier molecular flexibility index (Phi) is 5.01. The second kappa shape index (κ2) is 7.18. The molecule has 0 saturated carbocycles. The van der Waals surface area contributed by atoms with Crippen molar-refractivity contribution in [2.24, 2.45) is 0 Å². The van der Waals surface area contributed by atoms with Crippen molar-refractivity contribution in [1.29, 1.82) is 0 Å². The molecule has 0 fully saturated rings. The minimum Gasteiger partial charge on any atom is -0.445 e. The molecule has 0 radical (unpaired) electrons. The summed E-state index contributed by atoms with van der Waals surface area (Å²) in [6.45, 7) is 2.45. The van der Waals surface area contributed by atoms with Gasteiger partial charge in [-0.3, -0.25) is 0 Å². The van der Waals surface area contributed by atoms with Gasteiger partial charge in [0.15, 0.2) is 0 Å². The highest BCUT2D eigenvalue weighted by atomic mass is 79.9. The molecule has 2 aromatic carbocycles. The maximum absolute atomic E-state index is 12.0. The molecule has 1 amide bonds. The van der Waals surface area contributed by atoms with Crippen LogP contribution >= 0.6 is 15.9 Å². The molecule has 0 spiro atoms. The van der Waals surface area contributed by atoms with E-state index in [-0.39, 0.29) is 12.1 Å². The topological polar surface area (TPSA) is 38.3 Å². The number of carbonyl (C=O) groups is 1. The summed E-state index contributed by atoms with van der Waals surface area (Å²) in [6.07, 6.45) is 2.47. The third-order valence-corrected chi connectivity index (χ3v) is 5.23. The van der Waals surface area contributed by atoms with Gasteiger partial charge in [-0.25, -0.2) is 4.79 Å². The Balaban J connectivity index is 1.55. The van der Waals surface area contributed by atoms with Gasteiger partial charge in [0.2, 0.25) is 0 Å². The lowest BCUT2D eigenvalue weighted by atomic mass is 9.86. The van der Waals surface area contributed by atoms with Crippen LogP contribution in [-0.2, 0) is 24.2 Å². The van der Waals surface area contributed by atoms with Crippen LogP contribution in [0.2, 0.25) is 0 Å². The van der Waals surface area contributed by atoms with Crippen molar-refractivity contribution in [3.05, 3.63) is 69.2 Å². The number of amides is 1. The van der Waals surface area contributed by atoms with Crippen LogP contribution in [0.15, 0.2) is 46.9 Å². The van der Waals surface area contributed by atoms with Gasteiger partial charge in [0.1, 0.15) is 6.61 Å². The number of ether oxygens (including phenoxy) is 1. The van der Waals surface area contributed by atoms with Gasteiger partial charge >= 0.3 is 6.09 Å². The second-order valence-corrected chi connectivity index (χ2v) is 6.81. The lowest BCUT2D eigenvalue weighted by Gasteiger charge is -2.26. The number of fused-ring (bicyclic) bond motifs is 1. The van der Waals surface area contributed by atoms with E-state index in [1.807, 2.05) is 30.3 Å². The zero-order valence-electron chi connectivity index (χ0n) is 13.1. The van der Waals surface area contributed by atoms with E-state index in [0.29, 0.717) is 6.61 Å². The molecule has 0 saturated heterocycles. The summed E-state index contributed by atoms with van der Waals surface area (Å²) in [5.74, 6) is 0. The minimum atomic E-state index is -0.337. The molecule has 1 atom stereocenters. The monoisotopic (exact) mass is 373 g/mol. The Morgan fingerprint density at radius 2 is 2.04 bits per heavy atom. The molecule has 0 unspecified atom stereocenters. The summed E-state index contributed by atoms with van der Waals surface area (Å²) in [7, 11) is 0. The highest BCUT2D eigenvalue weighted by Crippen LogP contribution is 2.29. The maximum Gasteiger partial charge on any atom is 0.407 e. The number of alkyl carbamates (subject to hydrolysis) is 1. The second-order valence-electron chi connectivity index (χ2n) is 5.96. The lowest BCUT2D eigenvalue weighted by Crippen LogP contribution is -2.39. The molecule has 1 aliphatic rings. The van der Waals surface area contributed by atoms with Crippen molar-refractivity contribution in [2.75, 3.05) is 0 Å². The summed E-state index contributed by atoms with van der Waals surface area (Å²) in [4.78, 5) is 12.0. The van der Waals surface area contributed by atoms with E-state index < -0.39 is 0 Å². The summed E-state index contributed by atoms with van der Waals surface area (Å²) in [6, 6.07) is 14.1. The molecule has 23 heavy (non-hydrogen) atoms. The third kappa shape index (κ3) is 3.94. The van der Waals surface area contributed by atoms with E-state index >= 15 is 0 Å². The quantitative estimate of drug-likeness (QED) is 0.857. The smallest absolute Gasteiger partial charge is 0.407 e. The Morgan fingerprint density at radius 1 is 1.26 bits per heavy atom. The van der Waals surface area contributed by atoms with Gasteiger partial charge < -0.3 is 10.1 Å². The number of hydrogen-bond donors (Lipinski definition) is 1. The van der Waals surface area contributed by atoms with Gasteiger partial charge in [-0.1, -0.05) is 52.3 Å². The van der Waals surface area contributed by atoms with Crippen molar-refractivity contribution < 1.29 is 9.53 Å². The fourth-order valence-corrected chi connectivity index (χ4v) is 3.44. The van der Waals surface area contributed by atoms with Gasteiger partial charge in [-0.2, -0.15) is 0 Å². The first-order valence-electron chi connectivity index (χ1n) is 7.87. The van der Waals surface area contributed by atoms with Crippen molar-refractivity contribution in [2.45, 2.75) is 38.8 Å². The van der Waals surface area contributed by atoms with Crippen molar-refractivity contribution >= 4 is 22.0 Å². The molecular formula is C19H20BrNO2. The Morgan fingerprint density at radius 3 is 2.83 bits per heavy atom. The summed E-state index contributed by atoms with van der Waals surface area (Å²) in [5.41, 5.74) is 5.05. The van der Waals surface area contributed by atoms with Crippen LogP contribution in [0.4, 0.5) is 4.79 Å². The molecule has 4 heteroatoms. The van der Waals surface area contributed by atoms with E-state index in [2.05, 4.69) is 40.3 Å².